The van der Waals surface area contributed by atoms with Crippen LogP contribution >= 0.6 is 0 Å². The van der Waals surface area contributed by atoms with Crippen LogP contribution in [0.1, 0.15) is 20.3 Å². The molecule has 2 aliphatic heterocycles. The molecule has 3 atom stereocenters. The Labute approximate surface area is 183 Å². The van der Waals surface area contributed by atoms with Crippen molar-refractivity contribution in [3.63, 3.8) is 0 Å². The van der Waals surface area contributed by atoms with Gasteiger partial charge in [0.1, 0.15) is 16.8 Å². The van der Waals surface area contributed by atoms with Crippen LogP contribution in [-0.2, 0) is 24.3 Å². The molecule has 2 aliphatic rings. The molecule has 1 aromatic carbocycles. The van der Waals surface area contributed by atoms with Gasteiger partial charge >= 0.3 is 0 Å². The predicted molar refractivity (Wildman–Crippen MR) is 113 cm³/mol. The largest absolute Gasteiger partial charge is 0.381 e. The van der Waals surface area contributed by atoms with Crippen molar-refractivity contribution < 1.29 is 27.1 Å². The summed E-state index contributed by atoms with van der Waals surface area (Å²) >= 11 is 0. The highest BCUT2D eigenvalue weighted by Crippen LogP contribution is 2.22. The number of nitrogens with zero attached hydrogens (tertiary/aromatic N) is 1. The summed E-state index contributed by atoms with van der Waals surface area (Å²) in [5.74, 6) is -1.30. The summed E-state index contributed by atoms with van der Waals surface area (Å²) in [5, 5.41) is 2.93. The number of carbonyl (C=O) groups is 1. The van der Waals surface area contributed by atoms with Crippen LogP contribution in [0.3, 0.4) is 0 Å². The number of morpholine rings is 1. The van der Waals surface area contributed by atoms with Gasteiger partial charge in [0.2, 0.25) is 15.9 Å². The Morgan fingerprint density at radius 1 is 1.19 bits per heavy atom. The number of ether oxygens (including phenoxy) is 2. The van der Waals surface area contributed by atoms with E-state index in [9.17, 15) is 17.6 Å². The summed E-state index contributed by atoms with van der Waals surface area (Å²) in [7, 11) is -4.19. The molecule has 0 saturated carbocycles. The standard InChI is InChI=1S/C21H32FN3O5S/c1-15(2)20(24-31(27,28)19-6-4-3-5-17(19)22)21(26)23-13-18(16-7-10-30-14-16)25-8-11-29-12-9-25/h3-6,15-16,18,20,24H,7-14H2,1-2H3,(H,23,26)/t16?,18?,20-/m0/s1. The smallest absolute Gasteiger partial charge is 0.244 e. The van der Waals surface area contributed by atoms with Gasteiger partial charge in [0, 0.05) is 38.2 Å². The van der Waals surface area contributed by atoms with Gasteiger partial charge in [-0.3, -0.25) is 9.69 Å². The number of hydrogen-bond acceptors (Lipinski definition) is 6. The second-order valence-corrected chi connectivity index (χ2v) is 10.0. The second-order valence-electron chi connectivity index (χ2n) is 8.36. The molecule has 0 aromatic heterocycles. The molecule has 1 amide bonds. The number of amides is 1. The summed E-state index contributed by atoms with van der Waals surface area (Å²) in [5.41, 5.74) is 0. The molecule has 174 valence electrons. The molecular weight excluding hydrogens is 425 g/mol. The second kappa shape index (κ2) is 10.8. The van der Waals surface area contributed by atoms with Crippen LogP contribution in [0.25, 0.3) is 0 Å². The molecule has 3 rings (SSSR count). The fourth-order valence-electron chi connectivity index (χ4n) is 4.06. The number of sulfonamides is 1. The average molecular weight is 458 g/mol. The van der Waals surface area contributed by atoms with Gasteiger partial charge in [-0.1, -0.05) is 26.0 Å². The molecule has 0 spiro atoms. The van der Waals surface area contributed by atoms with E-state index < -0.39 is 32.7 Å². The van der Waals surface area contributed by atoms with E-state index in [-0.39, 0.29) is 12.0 Å². The number of benzene rings is 1. The number of rotatable bonds is 9. The van der Waals surface area contributed by atoms with Crippen molar-refractivity contribution in [1.29, 1.82) is 0 Å². The normalized spacial score (nSPS) is 22.4. The molecule has 8 nitrogen and oxygen atoms in total. The third kappa shape index (κ3) is 6.23. The fourth-order valence-corrected chi connectivity index (χ4v) is 5.48. The zero-order valence-corrected chi connectivity index (χ0v) is 18.9. The first-order valence-electron chi connectivity index (χ1n) is 10.7. The number of hydrogen-bond donors (Lipinski definition) is 2. The highest BCUT2D eigenvalue weighted by Gasteiger charge is 2.34. The quantitative estimate of drug-likeness (QED) is 0.574. The molecule has 0 radical (unpaired) electrons. The fraction of sp³-hybridized carbons (Fsp3) is 0.667. The lowest BCUT2D eigenvalue weighted by atomic mass is 9.96. The number of nitrogens with one attached hydrogen (secondary N) is 2. The maximum Gasteiger partial charge on any atom is 0.244 e. The van der Waals surface area contributed by atoms with Gasteiger partial charge in [-0.15, -0.1) is 0 Å². The first kappa shape index (κ1) is 24.1. The summed E-state index contributed by atoms with van der Waals surface area (Å²) in [6, 6.07) is 4.19. The van der Waals surface area contributed by atoms with Crippen molar-refractivity contribution in [2.24, 2.45) is 11.8 Å². The first-order valence-corrected chi connectivity index (χ1v) is 12.2. The van der Waals surface area contributed by atoms with E-state index in [1.807, 2.05) is 0 Å². The first-order chi connectivity index (χ1) is 14.8. The summed E-state index contributed by atoms with van der Waals surface area (Å²) < 4.78 is 52.8. The van der Waals surface area contributed by atoms with E-state index in [0.29, 0.717) is 38.9 Å². The summed E-state index contributed by atoms with van der Waals surface area (Å²) in [4.78, 5) is 14.8. The monoisotopic (exact) mass is 457 g/mol. The zero-order valence-electron chi connectivity index (χ0n) is 18.1. The molecule has 31 heavy (non-hydrogen) atoms. The highest BCUT2D eigenvalue weighted by atomic mass is 32.2. The SMILES string of the molecule is CC(C)[C@H](NS(=O)(=O)c1ccccc1F)C(=O)NCC(C1CCOC1)N1CCOCC1. The lowest BCUT2D eigenvalue weighted by Crippen LogP contribution is -2.55. The van der Waals surface area contributed by atoms with Crippen LogP contribution in [-0.4, -0.2) is 77.4 Å². The lowest BCUT2D eigenvalue weighted by molar-refractivity contribution is -0.124. The van der Waals surface area contributed by atoms with Gasteiger partial charge in [0.15, 0.2) is 0 Å². The van der Waals surface area contributed by atoms with Crippen LogP contribution in [0.4, 0.5) is 4.39 Å². The van der Waals surface area contributed by atoms with E-state index in [4.69, 9.17) is 9.47 Å². The van der Waals surface area contributed by atoms with Crippen LogP contribution in [0.2, 0.25) is 0 Å². The highest BCUT2D eigenvalue weighted by molar-refractivity contribution is 7.89. The van der Waals surface area contributed by atoms with Gasteiger partial charge < -0.3 is 14.8 Å². The van der Waals surface area contributed by atoms with Crippen molar-refractivity contribution in [2.75, 3.05) is 46.1 Å². The Balaban J connectivity index is 1.68. The van der Waals surface area contributed by atoms with Crippen molar-refractivity contribution in [1.82, 2.24) is 14.9 Å². The molecule has 2 fully saturated rings. The van der Waals surface area contributed by atoms with E-state index in [0.717, 1.165) is 25.6 Å². The lowest BCUT2D eigenvalue weighted by Gasteiger charge is -2.37. The third-order valence-corrected chi connectivity index (χ3v) is 7.34. The Morgan fingerprint density at radius 3 is 2.52 bits per heavy atom. The minimum absolute atomic E-state index is 0.0892. The molecule has 1 aromatic rings. The molecular formula is C21H32FN3O5S. The van der Waals surface area contributed by atoms with Crippen molar-refractivity contribution in [3.8, 4) is 0 Å². The predicted octanol–water partition coefficient (Wildman–Crippen LogP) is 0.982. The van der Waals surface area contributed by atoms with Crippen molar-refractivity contribution >= 4 is 15.9 Å². The Bertz CT molecular complexity index is 839. The number of carbonyl (C=O) groups excluding carboxylic acids is 1. The van der Waals surface area contributed by atoms with Crippen LogP contribution < -0.4 is 10.0 Å². The zero-order chi connectivity index (χ0) is 22.4. The average Bonchev–Trinajstić information content (AvgIpc) is 3.27. The molecule has 2 unspecified atom stereocenters. The number of halogens is 1. The molecule has 2 N–H and O–H groups in total. The Morgan fingerprint density at radius 2 is 1.90 bits per heavy atom. The Kier molecular flexibility index (Phi) is 8.40. The Hall–Kier alpha value is -1.59. The topological polar surface area (TPSA) is 97.0 Å². The molecule has 2 heterocycles. The van der Waals surface area contributed by atoms with Gasteiger partial charge in [-0.05, 0) is 24.5 Å². The van der Waals surface area contributed by atoms with Gasteiger partial charge in [0.05, 0.1) is 19.8 Å². The third-order valence-electron chi connectivity index (χ3n) is 5.87. The van der Waals surface area contributed by atoms with Gasteiger partial charge in [-0.2, -0.15) is 4.72 Å². The maximum atomic E-state index is 14.0. The molecule has 0 aliphatic carbocycles. The minimum atomic E-state index is -4.19. The molecule has 0 bridgehead atoms. The molecule has 2 saturated heterocycles. The molecule has 10 heteroatoms. The summed E-state index contributed by atoms with van der Waals surface area (Å²) in [6.07, 6.45) is 0.922. The summed E-state index contributed by atoms with van der Waals surface area (Å²) in [6.45, 7) is 8.09. The maximum absolute atomic E-state index is 14.0. The van der Waals surface area contributed by atoms with Gasteiger partial charge in [-0.25, -0.2) is 12.8 Å². The minimum Gasteiger partial charge on any atom is -0.381 e. The van der Waals surface area contributed by atoms with E-state index >= 15 is 0 Å². The van der Waals surface area contributed by atoms with Gasteiger partial charge in [0.25, 0.3) is 0 Å². The van der Waals surface area contributed by atoms with Crippen LogP contribution in [0.15, 0.2) is 29.2 Å². The van der Waals surface area contributed by atoms with E-state index in [2.05, 4.69) is 14.9 Å². The van der Waals surface area contributed by atoms with Crippen molar-refractivity contribution in [3.05, 3.63) is 30.1 Å². The van der Waals surface area contributed by atoms with Crippen molar-refractivity contribution in [2.45, 2.75) is 37.2 Å². The van der Waals surface area contributed by atoms with Crippen LogP contribution in [0, 0.1) is 17.7 Å². The van der Waals surface area contributed by atoms with Crippen LogP contribution in [0.5, 0.6) is 0 Å². The van der Waals surface area contributed by atoms with E-state index in [1.165, 1.54) is 18.2 Å². The van der Waals surface area contributed by atoms with E-state index in [1.54, 1.807) is 13.8 Å².